The molecule has 0 saturated heterocycles. The Bertz CT molecular complexity index is 574. The number of aliphatic hydroxyl groups is 1. The van der Waals surface area contributed by atoms with E-state index in [0.717, 1.165) is 11.2 Å². The Morgan fingerprint density at radius 2 is 2.20 bits per heavy atom. The van der Waals surface area contributed by atoms with Gasteiger partial charge in [0.05, 0.1) is 24.9 Å². The van der Waals surface area contributed by atoms with Gasteiger partial charge in [0, 0.05) is 24.9 Å². The zero-order chi connectivity index (χ0) is 14.8. The van der Waals surface area contributed by atoms with Gasteiger partial charge in [-0.3, -0.25) is 0 Å². The number of hydrogen-bond acceptors (Lipinski definition) is 5. The average Bonchev–Trinajstić information content (AvgIpc) is 2.83. The average molecular weight is 278 g/mol. The van der Waals surface area contributed by atoms with Gasteiger partial charge in [0.25, 0.3) is 0 Å². The molecule has 0 bridgehead atoms. The largest absolute Gasteiger partial charge is 0.394 e. The third-order valence-corrected chi connectivity index (χ3v) is 3.09. The number of aromatic nitrogens is 3. The Kier molecular flexibility index (Phi) is 4.25. The molecule has 20 heavy (non-hydrogen) atoms. The Morgan fingerprint density at radius 1 is 1.45 bits per heavy atom. The summed E-state index contributed by atoms with van der Waals surface area (Å²) in [6.07, 6.45) is 3.51. The van der Waals surface area contributed by atoms with E-state index in [9.17, 15) is 5.11 Å². The molecule has 0 aromatic carbocycles. The van der Waals surface area contributed by atoms with Gasteiger partial charge in [0.15, 0.2) is 5.82 Å². The smallest absolute Gasteiger partial charge is 0.152 e. The molecule has 1 atom stereocenters. The van der Waals surface area contributed by atoms with E-state index < -0.39 is 0 Å². The van der Waals surface area contributed by atoms with Crippen molar-refractivity contribution >= 4 is 11.3 Å². The van der Waals surface area contributed by atoms with Crippen LogP contribution in [0.25, 0.3) is 5.52 Å². The van der Waals surface area contributed by atoms with Crippen LogP contribution in [0.3, 0.4) is 0 Å². The van der Waals surface area contributed by atoms with Crippen LogP contribution in [-0.4, -0.2) is 46.1 Å². The second kappa shape index (κ2) is 5.76. The van der Waals surface area contributed by atoms with Crippen molar-refractivity contribution in [2.24, 2.45) is 0 Å². The van der Waals surface area contributed by atoms with Crippen molar-refractivity contribution < 1.29 is 9.84 Å². The number of hydrogen-bond donors (Lipinski definition) is 2. The maximum Gasteiger partial charge on any atom is 0.152 e. The predicted octanol–water partition coefficient (Wildman–Crippen LogP) is 1.45. The number of nitrogens with zero attached hydrogens (tertiary/aromatic N) is 3. The van der Waals surface area contributed by atoms with E-state index in [1.165, 1.54) is 0 Å². The maximum atomic E-state index is 9.33. The van der Waals surface area contributed by atoms with Crippen LogP contribution in [0.4, 0.5) is 5.82 Å². The molecule has 0 spiro atoms. The summed E-state index contributed by atoms with van der Waals surface area (Å²) in [6.45, 7) is 6.76. The summed E-state index contributed by atoms with van der Waals surface area (Å²) in [5.41, 5.74) is 1.87. The molecule has 0 aliphatic carbocycles. The SMILES string of the molecule is COCC(CO)Nc1nccn2nc(C(C)(C)C)cc12. The molecule has 2 N–H and O–H groups in total. The molecule has 0 saturated carbocycles. The van der Waals surface area contributed by atoms with Gasteiger partial charge < -0.3 is 15.2 Å². The predicted molar refractivity (Wildman–Crippen MR) is 78.1 cm³/mol. The van der Waals surface area contributed by atoms with Gasteiger partial charge in [-0.2, -0.15) is 5.10 Å². The standard InChI is InChI=1S/C14H22N4O2/c1-14(2,3)12-7-11-13(15-5-6-18(11)17-12)16-10(8-19)9-20-4/h5-7,10,19H,8-9H2,1-4H3,(H,15,16). The monoisotopic (exact) mass is 278 g/mol. The molecule has 0 fully saturated rings. The van der Waals surface area contributed by atoms with E-state index in [4.69, 9.17) is 4.74 Å². The van der Waals surface area contributed by atoms with Crippen LogP contribution in [0, 0.1) is 0 Å². The second-order valence-electron chi connectivity index (χ2n) is 5.86. The summed E-state index contributed by atoms with van der Waals surface area (Å²) in [6, 6.07) is 1.84. The molecule has 6 heteroatoms. The Labute approximate surface area is 118 Å². The Balaban J connectivity index is 2.36. The molecule has 0 aliphatic heterocycles. The first-order valence-corrected chi connectivity index (χ1v) is 6.67. The number of rotatable bonds is 5. The van der Waals surface area contributed by atoms with Crippen molar-refractivity contribution in [1.29, 1.82) is 0 Å². The highest BCUT2D eigenvalue weighted by molar-refractivity contribution is 5.68. The van der Waals surface area contributed by atoms with Gasteiger partial charge in [-0.25, -0.2) is 9.50 Å². The minimum absolute atomic E-state index is 0.0170. The molecule has 0 radical (unpaired) electrons. The molecular weight excluding hydrogens is 256 g/mol. The number of ether oxygens (including phenoxy) is 1. The minimum Gasteiger partial charge on any atom is -0.394 e. The van der Waals surface area contributed by atoms with Gasteiger partial charge in [-0.1, -0.05) is 20.8 Å². The number of aliphatic hydroxyl groups excluding tert-OH is 1. The zero-order valence-corrected chi connectivity index (χ0v) is 12.4. The van der Waals surface area contributed by atoms with Crippen LogP contribution >= 0.6 is 0 Å². The van der Waals surface area contributed by atoms with Crippen LogP contribution < -0.4 is 5.32 Å². The summed E-state index contributed by atoms with van der Waals surface area (Å²) in [5, 5.41) is 17.1. The first-order chi connectivity index (χ1) is 9.45. The van der Waals surface area contributed by atoms with E-state index in [2.05, 4.69) is 36.2 Å². The summed E-state index contributed by atoms with van der Waals surface area (Å²) in [4.78, 5) is 4.33. The van der Waals surface area contributed by atoms with Gasteiger partial charge in [0.2, 0.25) is 0 Å². The van der Waals surface area contributed by atoms with E-state index in [1.807, 2.05) is 12.3 Å². The van der Waals surface area contributed by atoms with Crippen LogP contribution in [0.15, 0.2) is 18.5 Å². The molecule has 1 unspecified atom stereocenters. The fraction of sp³-hybridized carbons (Fsp3) is 0.571. The topological polar surface area (TPSA) is 71.7 Å². The van der Waals surface area contributed by atoms with Crippen LogP contribution in [0.1, 0.15) is 26.5 Å². The third kappa shape index (κ3) is 3.08. The summed E-state index contributed by atoms with van der Waals surface area (Å²) in [7, 11) is 1.61. The molecule has 2 aromatic rings. The Hall–Kier alpha value is -1.66. The number of fused-ring (bicyclic) bond motifs is 1. The van der Waals surface area contributed by atoms with Crippen LogP contribution in [0.5, 0.6) is 0 Å². The van der Waals surface area contributed by atoms with Crippen molar-refractivity contribution in [3.8, 4) is 0 Å². The molecule has 2 heterocycles. The van der Waals surface area contributed by atoms with Gasteiger partial charge in [-0.05, 0) is 6.07 Å². The van der Waals surface area contributed by atoms with Gasteiger partial charge >= 0.3 is 0 Å². The van der Waals surface area contributed by atoms with E-state index in [-0.39, 0.29) is 18.1 Å². The van der Waals surface area contributed by atoms with E-state index in [1.54, 1.807) is 17.8 Å². The number of anilines is 1. The minimum atomic E-state index is -0.188. The fourth-order valence-electron chi connectivity index (χ4n) is 1.93. The molecule has 0 amide bonds. The Morgan fingerprint density at radius 3 is 2.80 bits per heavy atom. The second-order valence-corrected chi connectivity index (χ2v) is 5.86. The van der Waals surface area contributed by atoms with Gasteiger partial charge in [-0.15, -0.1) is 0 Å². The maximum absolute atomic E-state index is 9.33. The highest BCUT2D eigenvalue weighted by atomic mass is 16.5. The van der Waals surface area contributed by atoms with Gasteiger partial charge in [0.1, 0.15) is 5.52 Å². The number of nitrogens with one attached hydrogen (secondary N) is 1. The third-order valence-electron chi connectivity index (χ3n) is 3.09. The lowest BCUT2D eigenvalue weighted by Gasteiger charge is -2.16. The molecule has 0 aliphatic rings. The molecule has 110 valence electrons. The first-order valence-electron chi connectivity index (χ1n) is 6.67. The number of methoxy groups -OCH3 is 1. The van der Waals surface area contributed by atoms with Crippen molar-refractivity contribution in [3.63, 3.8) is 0 Å². The van der Waals surface area contributed by atoms with Crippen molar-refractivity contribution in [2.75, 3.05) is 25.6 Å². The van der Waals surface area contributed by atoms with Crippen molar-refractivity contribution in [2.45, 2.75) is 32.2 Å². The van der Waals surface area contributed by atoms with E-state index in [0.29, 0.717) is 12.4 Å². The zero-order valence-electron chi connectivity index (χ0n) is 12.4. The molecule has 2 aromatic heterocycles. The highest BCUT2D eigenvalue weighted by Crippen LogP contribution is 2.24. The fourth-order valence-corrected chi connectivity index (χ4v) is 1.93. The summed E-state index contributed by atoms with van der Waals surface area (Å²) < 4.78 is 6.87. The lowest BCUT2D eigenvalue weighted by atomic mass is 9.92. The van der Waals surface area contributed by atoms with Crippen LogP contribution in [-0.2, 0) is 10.2 Å². The molecule has 6 nitrogen and oxygen atoms in total. The first kappa shape index (κ1) is 14.7. The van der Waals surface area contributed by atoms with Crippen LogP contribution in [0.2, 0.25) is 0 Å². The van der Waals surface area contributed by atoms with E-state index >= 15 is 0 Å². The normalized spacial score (nSPS) is 13.7. The molecule has 2 rings (SSSR count). The summed E-state index contributed by atoms with van der Waals surface area (Å²) in [5.74, 6) is 0.701. The highest BCUT2D eigenvalue weighted by Gasteiger charge is 2.19. The summed E-state index contributed by atoms with van der Waals surface area (Å²) >= 11 is 0. The quantitative estimate of drug-likeness (QED) is 0.866. The lowest BCUT2D eigenvalue weighted by Crippen LogP contribution is -2.29. The van der Waals surface area contributed by atoms with Crippen molar-refractivity contribution in [1.82, 2.24) is 14.6 Å². The lowest BCUT2D eigenvalue weighted by molar-refractivity contribution is 0.153. The van der Waals surface area contributed by atoms with Crippen molar-refractivity contribution in [3.05, 3.63) is 24.2 Å². The molecular formula is C14H22N4O2.